The number of pyridine rings is 1. The Morgan fingerprint density at radius 3 is 2.53 bits per heavy atom. The molecule has 16 heteroatoms. The molecule has 0 bridgehead atoms. The molecule has 4 aromatic rings. The van der Waals surface area contributed by atoms with Crippen LogP contribution in [0.25, 0.3) is 22.2 Å². The number of piperidine rings is 1. The molecule has 3 aromatic heterocycles. The van der Waals surface area contributed by atoms with Crippen LogP contribution in [0.1, 0.15) is 61.0 Å². The fraction of sp³-hybridized carbons (Fsp3) is 0.455. The van der Waals surface area contributed by atoms with Crippen LogP contribution in [0, 0.1) is 5.92 Å². The van der Waals surface area contributed by atoms with Gasteiger partial charge in [0.2, 0.25) is 0 Å². The van der Waals surface area contributed by atoms with E-state index in [0.29, 0.717) is 50.9 Å². The van der Waals surface area contributed by atoms with Gasteiger partial charge in [-0.15, -0.1) is 0 Å². The van der Waals surface area contributed by atoms with Gasteiger partial charge >= 0.3 is 0 Å². The highest BCUT2D eigenvalue weighted by Gasteiger charge is 2.54. The number of carbonyl (C=O) groups excluding carboxylic acids is 2. The van der Waals surface area contributed by atoms with Crippen LogP contribution in [-0.2, 0) is 17.8 Å². The number of hydrogen-bond acceptors (Lipinski definition) is 8. The average Bonchev–Trinajstić information content (AvgIpc) is 3.43. The van der Waals surface area contributed by atoms with E-state index in [-0.39, 0.29) is 49.2 Å². The molecule has 1 aliphatic carbocycles. The minimum Gasteiger partial charge on any atom is -0.482 e. The zero-order valence-corrected chi connectivity index (χ0v) is 27.4. The van der Waals surface area contributed by atoms with Crippen molar-refractivity contribution in [2.24, 2.45) is 11.7 Å². The largest absolute Gasteiger partial charge is 0.482 e. The fourth-order valence-corrected chi connectivity index (χ4v) is 7.08. The summed E-state index contributed by atoms with van der Waals surface area (Å²) in [6.07, 6.45) is 3.69. The van der Waals surface area contributed by atoms with Gasteiger partial charge in [0.25, 0.3) is 23.7 Å². The molecule has 1 aromatic carbocycles. The van der Waals surface area contributed by atoms with Crippen LogP contribution in [-0.4, -0.2) is 79.0 Å². The molecule has 7 rings (SSSR count). The van der Waals surface area contributed by atoms with E-state index in [0.717, 1.165) is 0 Å². The molecule has 5 heterocycles. The third-order valence-electron chi connectivity index (χ3n) is 9.30. The highest BCUT2D eigenvalue weighted by Crippen LogP contribution is 2.46. The van der Waals surface area contributed by atoms with Crippen molar-refractivity contribution in [1.29, 1.82) is 0 Å². The van der Waals surface area contributed by atoms with Gasteiger partial charge in [0, 0.05) is 48.8 Å². The maximum Gasteiger partial charge on any atom is 0.282 e. The van der Waals surface area contributed by atoms with Gasteiger partial charge in [-0.25, -0.2) is 37.2 Å². The number of hydrogen-bond donors (Lipinski definition) is 1. The lowest BCUT2D eigenvalue weighted by Crippen LogP contribution is -2.58. The first-order valence-corrected chi connectivity index (χ1v) is 16.3. The summed E-state index contributed by atoms with van der Waals surface area (Å²) in [5.74, 6) is -6.46. The van der Waals surface area contributed by atoms with E-state index in [4.69, 9.17) is 27.1 Å². The number of amides is 2. The Bertz CT molecular complexity index is 1950. The molecule has 1 saturated carbocycles. The van der Waals surface area contributed by atoms with Crippen LogP contribution in [0.5, 0.6) is 5.75 Å². The lowest BCUT2D eigenvalue weighted by Gasteiger charge is -2.47. The SMILES string of the molecule is CC(C)Cc1nc2c(cnn2C2CCN(C3CC(F)(F)C3)CC2(F)F)c(-c2ccc3c(c2)OCC(=O)N3Cc2ncc(Cl)cn2)c1C(N)=O. The number of nitrogens with zero attached hydrogens (tertiary/aromatic N) is 7. The summed E-state index contributed by atoms with van der Waals surface area (Å²) in [6, 6.07) is 3.03. The van der Waals surface area contributed by atoms with Gasteiger partial charge in [-0.2, -0.15) is 5.10 Å². The molecule has 2 N–H and O–H groups in total. The quantitative estimate of drug-likeness (QED) is 0.240. The van der Waals surface area contributed by atoms with Crippen LogP contribution in [0.3, 0.4) is 0 Å². The maximum absolute atomic E-state index is 15.8. The number of likely N-dealkylation sites (tertiary alicyclic amines) is 1. The van der Waals surface area contributed by atoms with Gasteiger partial charge in [-0.1, -0.05) is 31.5 Å². The predicted octanol–water partition coefficient (Wildman–Crippen LogP) is 5.44. The molecule has 2 fully saturated rings. The standard InChI is InChI=1S/C33H33ClF4N8O3/c1-17(2)7-22-29(30(39)48)28(18-3-4-23-24(8-18)49-15-27(47)45(23)14-26-40-11-19(34)12-41-26)21-13-42-46(31(21)43-22)25-5-6-44(16-33(25,37)38)20-9-32(35,36)10-20/h3-4,8,11-13,17,20,25H,5-7,9-10,14-16H2,1-2H3,(H2,39,48). The zero-order chi connectivity index (χ0) is 34.8. The minimum absolute atomic E-state index is 0.0269. The average molecular weight is 701 g/mol. The number of primary amides is 1. The smallest absolute Gasteiger partial charge is 0.282 e. The Hall–Kier alpha value is -4.37. The van der Waals surface area contributed by atoms with Crippen molar-refractivity contribution >= 4 is 40.1 Å². The first-order chi connectivity index (χ1) is 23.2. The van der Waals surface area contributed by atoms with Gasteiger partial charge in [0.1, 0.15) is 17.6 Å². The second-order valence-electron chi connectivity index (χ2n) is 13.3. The Morgan fingerprint density at radius 1 is 1.14 bits per heavy atom. The van der Waals surface area contributed by atoms with E-state index >= 15 is 8.78 Å². The maximum atomic E-state index is 15.8. The first kappa shape index (κ1) is 33.1. The van der Waals surface area contributed by atoms with E-state index in [1.54, 1.807) is 18.2 Å². The van der Waals surface area contributed by atoms with E-state index in [1.807, 2.05) is 13.8 Å². The summed E-state index contributed by atoms with van der Waals surface area (Å²) >= 11 is 5.92. The molecule has 258 valence electrons. The molecule has 0 spiro atoms. The number of ether oxygens (including phenoxy) is 1. The lowest BCUT2D eigenvalue weighted by atomic mass is 9.85. The fourth-order valence-electron chi connectivity index (χ4n) is 6.98. The molecule has 1 saturated heterocycles. The third kappa shape index (κ3) is 6.18. The number of carbonyl (C=O) groups is 2. The van der Waals surface area contributed by atoms with E-state index in [9.17, 15) is 18.4 Å². The second kappa shape index (κ2) is 12.2. The third-order valence-corrected chi connectivity index (χ3v) is 9.50. The minimum atomic E-state index is -3.30. The number of benzene rings is 1. The van der Waals surface area contributed by atoms with Gasteiger partial charge in [0.15, 0.2) is 12.3 Å². The normalized spacial score (nSPS) is 20.7. The van der Waals surface area contributed by atoms with Crippen LogP contribution in [0.2, 0.25) is 5.02 Å². The zero-order valence-electron chi connectivity index (χ0n) is 26.7. The van der Waals surface area contributed by atoms with Gasteiger partial charge in [0.05, 0.1) is 41.3 Å². The van der Waals surface area contributed by atoms with Crippen LogP contribution < -0.4 is 15.4 Å². The molecular weight excluding hydrogens is 668 g/mol. The number of rotatable bonds is 8. The monoisotopic (exact) mass is 700 g/mol. The van der Waals surface area contributed by atoms with Crippen LogP contribution in [0.15, 0.2) is 36.8 Å². The summed E-state index contributed by atoms with van der Waals surface area (Å²) < 4.78 is 65.8. The Kier molecular flexibility index (Phi) is 8.25. The van der Waals surface area contributed by atoms with Crippen molar-refractivity contribution in [3.63, 3.8) is 0 Å². The van der Waals surface area contributed by atoms with Crippen molar-refractivity contribution in [2.75, 3.05) is 24.6 Å². The van der Waals surface area contributed by atoms with Crippen LogP contribution >= 0.6 is 11.6 Å². The number of nitrogens with two attached hydrogens (primary N) is 1. The van der Waals surface area contributed by atoms with Crippen molar-refractivity contribution in [3.8, 4) is 16.9 Å². The molecule has 2 amide bonds. The van der Waals surface area contributed by atoms with E-state index < -0.39 is 49.2 Å². The second-order valence-corrected chi connectivity index (χ2v) is 13.8. The number of anilines is 1. The number of fused-ring (bicyclic) bond motifs is 2. The highest BCUT2D eigenvalue weighted by atomic mass is 35.5. The molecule has 0 radical (unpaired) electrons. The van der Waals surface area contributed by atoms with Crippen molar-refractivity contribution in [3.05, 3.63) is 58.9 Å². The highest BCUT2D eigenvalue weighted by molar-refractivity contribution is 6.30. The summed E-state index contributed by atoms with van der Waals surface area (Å²) in [6.45, 7) is 3.18. The topological polar surface area (TPSA) is 132 Å². The van der Waals surface area contributed by atoms with Crippen LogP contribution in [0.4, 0.5) is 23.2 Å². The van der Waals surface area contributed by atoms with Crippen molar-refractivity contribution in [1.82, 2.24) is 29.6 Å². The Balaban J connectivity index is 1.30. The molecule has 11 nitrogen and oxygen atoms in total. The molecule has 1 atom stereocenters. The van der Waals surface area contributed by atoms with Crippen molar-refractivity contribution < 1.29 is 31.9 Å². The molecular formula is C33H33ClF4N8O3. The number of alkyl halides is 4. The first-order valence-electron chi connectivity index (χ1n) is 15.9. The van der Waals surface area contributed by atoms with Gasteiger partial charge in [-0.05, 0) is 36.5 Å². The van der Waals surface area contributed by atoms with Crippen molar-refractivity contribution in [2.45, 2.75) is 70.0 Å². The molecule has 1 unspecified atom stereocenters. The summed E-state index contributed by atoms with van der Waals surface area (Å²) in [4.78, 5) is 42.0. The van der Waals surface area contributed by atoms with Gasteiger partial charge in [-0.3, -0.25) is 19.4 Å². The molecule has 49 heavy (non-hydrogen) atoms. The van der Waals surface area contributed by atoms with E-state index in [1.165, 1.54) is 33.1 Å². The van der Waals surface area contributed by atoms with E-state index in [2.05, 4.69) is 15.1 Å². The number of halogens is 5. The molecule has 2 aliphatic heterocycles. The molecule has 3 aliphatic rings. The summed E-state index contributed by atoms with van der Waals surface area (Å²) in [7, 11) is 0. The summed E-state index contributed by atoms with van der Waals surface area (Å²) in [5, 5.41) is 5.07. The van der Waals surface area contributed by atoms with Gasteiger partial charge < -0.3 is 10.5 Å². The Labute approximate surface area is 283 Å². The lowest BCUT2D eigenvalue weighted by molar-refractivity contribution is -0.166. The Morgan fingerprint density at radius 2 is 1.88 bits per heavy atom. The predicted molar refractivity (Wildman–Crippen MR) is 172 cm³/mol. The number of aromatic nitrogens is 5. The summed E-state index contributed by atoms with van der Waals surface area (Å²) in [5.41, 5.74) is 7.87.